The molecule has 134 valence electrons. The number of nitrogens with zero attached hydrogens (tertiary/aromatic N) is 3. The van der Waals surface area contributed by atoms with E-state index in [1.54, 1.807) is 4.90 Å². The van der Waals surface area contributed by atoms with Crippen LogP contribution in [0.5, 0.6) is 0 Å². The molecule has 3 fully saturated rings. The molecular formula is C18H29N3O3. The fourth-order valence-corrected chi connectivity index (χ4v) is 4.40. The van der Waals surface area contributed by atoms with Gasteiger partial charge in [-0.3, -0.25) is 14.4 Å². The Morgan fingerprint density at radius 3 is 1.96 bits per heavy atom. The van der Waals surface area contributed by atoms with E-state index in [4.69, 9.17) is 0 Å². The average molecular weight is 335 g/mol. The van der Waals surface area contributed by atoms with Crippen LogP contribution in [-0.2, 0) is 14.4 Å². The second-order valence-corrected chi connectivity index (χ2v) is 7.36. The third kappa shape index (κ3) is 3.57. The molecule has 1 unspecified atom stereocenters. The van der Waals surface area contributed by atoms with E-state index in [2.05, 4.69) is 0 Å². The molecule has 3 rings (SSSR count). The highest BCUT2D eigenvalue weighted by molar-refractivity contribution is 5.87. The van der Waals surface area contributed by atoms with Crippen LogP contribution in [0.1, 0.15) is 51.9 Å². The van der Waals surface area contributed by atoms with Gasteiger partial charge in [0.15, 0.2) is 0 Å². The van der Waals surface area contributed by atoms with Crippen molar-refractivity contribution in [1.82, 2.24) is 14.7 Å². The molecule has 0 aromatic carbocycles. The van der Waals surface area contributed by atoms with Gasteiger partial charge in [-0.05, 0) is 32.1 Å². The van der Waals surface area contributed by atoms with E-state index < -0.39 is 0 Å². The largest absolute Gasteiger partial charge is 0.341 e. The van der Waals surface area contributed by atoms with Crippen LogP contribution in [-0.4, -0.2) is 71.2 Å². The first-order chi connectivity index (χ1) is 11.6. The van der Waals surface area contributed by atoms with Gasteiger partial charge >= 0.3 is 0 Å². The van der Waals surface area contributed by atoms with Crippen molar-refractivity contribution in [2.24, 2.45) is 5.92 Å². The Balaban J connectivity index is 1.57. The van der Waals surface area contributed by atoms with Gasteiger partial charge in [0.1, 0.15) is 6.04 Å². The summed E-state index contributed by atoms with van der Waals surface area (Å²) in [6.45, 7) is 4.89. The maximum Gasteiger partial charge on any atom is 0.245 e. The zero-order chi connectivity index (χ0) is 17.1. The Labute approximate surface area is 144 Å². The van der Waals surface area contributed by atoms with E-state index >= 15 is 0 Å². The molecule has 1 atom stereocenters. The van der Waals surface area contributed by atoms with Gasteiger partial charge < -0.3 is 14.7 Å². The molecule has 1 saturated carbocycles. The normalized spacial score (nSPS) is 25.9. The molecule has 2 heterocycles. The second-order valence-electron chi connectivity index (χ2n) is 7.36. The van der Waals surface area contributed by atoms with Crippen molar-refractivity contribution in [3.8, 4) is 0 Å². The molecule has 1 aliphatic carbocycles. The van der Waals surface area contributed by atoms with Crippen molar-refractivity contribution >= 4 is 17.7 Å². The topological polar surface area (TPSA) is 60.9 Å². The highest BCUT2D eigenvalue weighted by Crippen LogP contribution is 2.27. The number of amides is 3. The Morgan fingerprint density at radius 1 is 0.708 bits per heavy atom. The predicted molar refractivity (Wildman–Crippen MR) is 90.1 cm³/mol. The smallest absolute Gasteiger partial charge is 0.245 e. The molecule has 3 amide bonds. The predicted octanol–water partition coefficient (Wildman–Crippen LogP) is 1.25. The van der Waals surface area contributed by atoms with Gasteiger partial charge in [0.25, 0.3) is 0 Å². The minimum absolute atomic E-state index is 0.0151. The van der Waals surface area contributed by atoms with Gasteiger partial charge in [-0.1, -0.05) is 12.8 Å². The molecule has 0 aromatic rings. The molecular weight excluding hydrogens is 306 g/mol. The van der Waals surface area contributed by atoms with Gasteiger partial charge in [0, 0.05) is 45.6 Å². The van der Waals surface area contributed by atoms with Gasteiger partial charge in [0.05, 0.1) is 0 Å². The first-order valence-corrected chi connectivity index (χ1v) is 9.42. The maximum absolute atomic E-state index is 12.8. The lowest BCUT2D eigenvalue weighted by molar-refractivity contribution is -0.143. The molecule has 6 heteroatoms. The summed E-state index contributed by atoms with van der Waals surface area (Å²) in [5, 5.41) is 0. The average Bonchev–Trinajstić information content (AvgIpc) is 3.21. The van der Waals surface area contributed by atoms with Crippen LogP contribution in [0.2, 0.25) is 0 Å². The molecule has 0 bridgehead atoms. The Bertz CT molecular complexity index is 502. The fraction of sp³-hybridized carbons (Fsp3) is 0.833. The zero-order valence-corrected chi connectivity index (χ0v) is 14.7. The highest BCUT2D eigenvalue weighted by Gasteiger charge is 2.36. The molecule has 6 nitrogen and oxygen atoms in total. The van der Waals surface area contributed by atoms with E-state index in [9.17, 15) is 14.4 Å². The first-order valence-electron chi connectivity index (χ1n) is 9.42. The van der Waals surface area contributed by atoms with E-state index in [0.717, 1.165) is 51.5 Å². The summed E-state index contributed by atoms with van der Waals surface area (Å²) in [6.07, 6.45) is 6.86. The van der Waals surface area contributed by atoms with Gasteiger partial charge in [0.2, 0.25) is 17.7 Å². The van der Waals surface area contributed by atoms with Gasteiger partial charge in [-0.25, -0.2) is 0 Å². The third-order valence-corrected chi connectivity index (χ3v) is 5.77. The third-order valence-electron chi connectivity index (χ3n) is 5.77. The number of hydrogen-bond donors (Lipinski definition) is 0. The second kappa shape index (κ2) is 7.53. The van der Waals surface area contributed by atoms with Crippen molar-refractivity contribution in [2.75, 3.05) is 32.7 Å². The van der Waals surface area contributed by atoms with Crippen molar-refractivity contribution in [3.63, 3.8) is 0 Å². The number of carbonyl (C=O) groups excluding carboxylic acids is 3. The van der Waals surface area contributed by atoms with Crippen LogP contribution >= 0.6 is 0 Å². The van der Waals surface area contributed by atoms with E-state index in [1.165, 1.54) is 6.92 Å². The monoisotopic (exact) mass is 335 g/mol. The van der Waals surface area contributed by atoms with Crippen molar-refractivity contribution < 1.29 is 14.4 Å². The standard InChI is InChI=1S/C18H29N3O3/c1-14(22)21-11-4-8-16(21)18(24)20-10-5-9-19(12-13-20)17(23)15-6-2-3-7-15/h15-16H,2-13H2,1H3. The SMILES string of the molecule is CC(=O)N1CCCC1C(=O)N1CCCN(C(=O)C2CCCC2)CC1. The molecule has 0 aromatic heterocycles. The van der Waals surface area contributed by atoms with Crippen LogP contribution in [0.15, 0.2) is 0 Å². The van der Waals surface area contributed by atoms with Gasteiger partial charge in [-0.15, -0.1) is 0 Å². The summed E-state index contributed by atoms with van der Waals surface area (Å²) >= 11 is 0. The number of rotatable bonds is 2. The van der Waals surface area contributed by atoms with Crippen molar-refractivity contribution in [3.05, 3.63) is 0 Å². The Kier molecular flexibility index (Phi) is 5.41. The lowest BCUT2D eigenvalue weighted by atomic mass is 10.1. The molecule has 0 spiro atoms. The molecule has 3 aliphatic rings. The minimum atomic E-state index is -0.292. The minimum Gasteiger partial charge on any atom is -0.341 e. The number of carbonyl (C=O) groups is 3. The Morgan fingerprint density at radius 2 is 1.33 bits per heavy atom. The molecule has 24 heavy (non-hydrogen) atoms. The summed E-state index contributed by atoms with van der Waals surface area (Å²) in [5.74, 6) is 0.542. The molecule has 2 saturated heterocycles. The molecule has 2 aliphatic heterocycles. The number of hydrogen-bond acceptors (Lipinski definition) is 3. The van der Waals surface area contributed by atoms with Crippen molar-refractivity contribution in [2.45, 2.75) is 57.9 Å². The summed E-state index contributed by atoms with van der Waals surface area (Å²) in [5.41, 5.74) is 0. The summed E-state index contributed by atoms with van der Waals surface area (Å²) in [7, 11) is 0. The summed E-state index contributed by atoms with van der Waals surface area (Å²) in [4.78, 5) is 42.7. The zero-order valence-electron chi connectivity index (χ0n) is 14.7. The van der Waals surface area contributed by atoms with E-state index in [0.29, 0.717) is 26.2 Å². The lowest BCUT2D eigenvalue weighted by Gasteiger charge is -2.29. The highest BCUT2D eigenvalue weighted by atomic mass is 16.2. The van der Waals surface area contributed by atoms with E-state index in [1.807, 2.05) is 9.80 Å². The van der Waals surface area contributed by atoms with Crippen LogP contribution < -0.4 is 0 Å². The first kappa shape index (κ1) is 17.2. The quantitative estimate of drug-likeness (QED) is 0.763. The Hall–Kier alpha value is -1.59. The maximum atomic E-state index is 12.8. The summed E-state index contributed by atoms with van der Waals surface area (Å²) in [6, 6.07) is -0.292. The molecule has 0 N–H and O–H groups in total. The van der Waals surface area contributed by atoms with Crippen molar-refractivity contribution in [1.29, 1.82) is 0 Å². The van der Waals surface area contributed by atoms with Gasteiger partial charge in [-0.2, -0.15) is 0 Å². The van der Waals surface area contributed by atoms with Crippen LogP contribution in [0.4, 0.5) is 0 Å². The summed E-state index contributed by atoms with van der Waals surface area (Å²) < 4.78 is 0. The van der Waals surface area contributed by atoms with Crippen LogP contribution in [0.3, 0.4) is 0 Å². The number of likely N-dealkylation sites (tertiary alicyclic amines) is 1. The lowest BCUT2D eigenvalue weighted by Crippen LogP contribution is -2.48. The molecule has 0 radical (unpaired) electrons. The van der Waals surface area contributed by atoms with E-state index in [-0.39, 0.29) is 29.7 Å². The fourth-order valence-electron chi connectivity index (χ4n) is 4.40. The van der Waals surface area contributed by atoms with Crippen LogP contribution in [0.25, 0.3) is 0 Å². The van der Waals surface area contributed by atoms with Crippen LogP contribution in [0, 0.1) is 5.92 Å².